The maximum atomic E-state index is 13.9. The van der Waals surface area contributed by atoms with Crippen LogP contribution in [0, 0.1) is 12.7 Å². The summed E-state index contributed by atoms with van der Waals surface area (Å²) in [7, 11) is 0. The molecule has 1 aromatic heterocycles. The van der Waals surface area contributed by atoms with Gasteiger partial charge in [-0.15, -0.1) is 0 Å². The van der Waals surface area contributed by atoms with Gasteiger partial charge in [-0.2, -0.15) is 18.3 Å². The molecule has 0 saturated carbocycles. The number of rotatable bonds is 5. The molecule has 2 aromatic carbocycles. The summed E-state index contributed by atoms with van der Waals surface area (Å²) in [6.07, 6.45) is -2.79. The SMILES string of the molecule is CCc1ccc([C@H]2C[C@@H](C(F)(F)F)n3ncc(C(=O)NCc4ccc(F)c(C)c4)c3N2)cc1. The Morgan fingerprint density at radius 1 is 1.18 bits per heavy atom. The summed E-state index contributed by atoms with van der Waals surface area (Å²) in [5.74, 6) is -0.884. The molecule has 0 aliphatic carbocycles. The zero-order valence-corrected chi connectivity index (χ0v) is 18.2. The van der Waals surface area contributed by atoms with E-state index >= 15 is 0 Å². The van der Waals surface area contributed by atoms with Crippen LogP contribution in [0.15, 0.2) is 48.7 Å². The number of hydrogen-bond donors (Lipinski definition) is 2. The highest BCUT2D eigenvalue weighted by atomic mass is 19.4. The number of hydrogen-bond acceptors (Lipinski definition) is 3. The van der Waals surface area contributed by atoms with Crippen LogP contribution in [-0.2, 0) is 13.0 Å². The molecule has 2 N–H and O–H groups in total. The van der Waals surface area contributed by atoms with Gasteiger partial charge in [0.2, 0.25) is 0 Å². The molecule has 0 saturated heterocycles. The van der Waals surface area contributed by atoms with E-state index in [-0.39, 0.29) is 30.2 Å². The highest BCUT2D eigenvalue weighted by Gasteiger charge is 2.47. The molecule has 2 heterocycles. The minimum Gasteiger partial charge on any atom is -0.363 e. The van der Waals surface area contributed by atoms with Gasteiger partial charge in [0.25, 0.3) is 5.91 Å². The van der Waals surface area contributed by atoms with Crippen LogP contribution in [0.2, 0.25) is 0 Å². The molecule has 2 atom stereocenters. The topological polar surface area (TPSA) is 59.0 Å². The number of nitrogens with zero attached hydrogens (tertiary/aromatic N) is 2. The molecule has 1 aliphatic heterocycles. The lowest BCUT2D eigenvalue weighted by Gasteiger charge is -2.34. The predicted octanol–water partition coefficient (Wildman–Crippen LogP) is 5.48. The third kappa shape index (κ3) is 4.72. The average molecular weight is 460 g/mol. The minimum atomic E-state index is -4.52. The Kier molecular flexibility index (Phi) is 6.14. The number of aromatic nitrogens is 2. The smallest absolute Gasteiger partial charge is 0.363 e. The van der Waals surface area contributed by atoms with E-state index in [9.17, 15) is 22.4 Å². The van der Waals surface area contributed by atoms with Crippen molar-refractivity contribution in [3.8, 4) is 0 Å². The first-order valence-corrected chi connectivity index (χ1v) is 10.7. The van der Waals surface area contributed by atoms with Crippen LogP contribution in [0.5, 0.6) is 0 Å². The molecule has 0 fully saturated rings. The van der Waals surface area contributed by atoms with Gasteiger partial charge in [0, 0.05) is 13.0 Å². The van der Waals surface area contributed by atoms with E-state index < -0.39 is 24.2 Å². The minimum absolute atomic E-state index is 0.0259. The summed E-state index contributed by atoms with van der Waals surface area (Å²) in [5.41, 5.74) is 2.94. The maximum absolute atomic E-state index is 13.9. The Morgan fingerprint density at radius 3 is 2.52 bits per heavy atom. The lowest BCUT2D eigenvalue weighted by Crippen LogP contribution is -2.36. The van der Waals surface area contributed by atoms with Crippen molar-refractivity contribution >= 4 is 11.7 Å². The van der Waals surface area contributed by atoms with Crippen molar-refractivity contribution in [3.63, 3.8) is 0 Å². The molecule has 33 heavy (non-hydrogen) atoms. The molecule has 0 radical (unpaired) electrons. The Hall–Kier alpha value is -3.36. The Morgan fingerprint density at radius 2 is 1.88 bits per heavy atom. The molecular formula is C24H24F4N4O. The van der Waals surface area contributed by atoms with E-state index in [1.54, 1.807) is 19.1 Å². The van der Waals surface area contributed by atoms with Crippen molar-refractivity contribution in [2.75, 3.05) is 5.32 Å². The average Bonchev–Trinajstić information content (AvgIpc) is 3.22. The predicted molar refractivity (Wildman–Crippen MR) is 116 cm³/mol. The third-order valence-corrected chi connectivity index (χ3v) is 5.95. The van der Waals surface area contributed by atoms with Crippen molar-refractivity contribution in [2.24, 2.45) is 0 Å². The molecular weight excluding hydrogens is 436 g/mol. The summed E-state index contributed by atoms with van der Waals surface area (Å²) in [4.78, 5) is 12.8. The van der Waals surface area contributed by atoms with Crippen molar-refractivity contribution in [1.82, 2.24) is 15.1 Å². The van der Waals surface area contributed by atoms with Gasteiger partial charge in [0.15, 0.2) is 6.04 Å². The van der Waals surface area contributed by atoms with Crippen molar-refractivity contribution in [3.05, 3.63) is 82.3 Å². The van der Waals surface area contributed by atoms with Gasteiger partial charge in [-0.25, -0.2) is 9.07 Å². The number of carbonyl (C=O) groups excluding carboxylic acids is 1. The highest BCUT2D eigenvalue weighted by molar-refractivity contribution is 5.98. The molecule has 1 aliphatic rings. The van der Waals surface area contributed by atoms with E-state index in [1.807, 2.05) is 31.2 Å². The Balaban J connectivity index is 1.60. The van der Waals surface area contributed by atoms with Gasteiger partial charge >= 0.3 is 6.18 Å². The summed E-state index contributed by atoms with van der Waals surface area (Å²) < 4.78 is 55.9. The van der Waals surface area contributed by atoms with Crippen LogP contribution in [0.3, 0.4) is 0 Å². The molecule has 5 nitrogen and oxygen atoms in total. The molecule has 9 heteroatoms. The largest absolute Gasteiger partial charge is 0.410 e. The Labute approximate surface area is 188 Å². The van der Waals surface area contributed by atoms with Crippen molar-refractivity contribution < 1.29 is 22.4 Å². The van der Waals surface area contributed by atoms with E-state index in [0.717, 1.165) is 22.9 Å². The van der Waals surface area contributed by atoms with Crippen LogP contribution < -0.4 is 10.6 Å². The van der Waals surface area contributed by atoms with Gasteiger partial charge in [-0.05, 0) is 41.7 Å². The van der Waals surface area contributed by atoms with Gasteiger partial charge in [0.1, 0.15) is 17.2 Å². The van der Waals surface area contributed by atoms with E-state index in [0.29, 0.717) is 16.7 Å². The second kappa shape index (κ2) is 8.88. The summed E-state index contributed by atoms with van der Waals surface area (Å²) in [6, 6.07) is 9.39. The number of aryl methyl sites for hydroxylation is 2. The van der Waals surface area contributed by atoms with E-state index in [4.69, 9.17) is 0 Å². The molecule has 3 aromatic rings. The number of amides is 1. The number of alkyl halides is 3. The Bertz CT molecular complexity index is 1150. The van der Waals surface area contributed by atoms with Crippen LogP contribution >= 0.6 is 0 Å². The molecule has 1 amide bonds. The van der Waals surface area contributed by atoms with Gasteiger partial charge in [0.05, 0.1) is 12.2 Å². The van der Waals surface area contributed by atoms with E-state index in [2.05, 4.69) is 15.7 Å². The normalized spacial score (nSPS) is 17.9. The van der Waals surface area contributed by atoms with Gasteiger partial charge in [-0.1, -0.05) is 43.3 Å². The number of anilines is 1. The quantitative estimate of drug-likeness (QED) is 0.496. The fraction of sp³-hybridized carbons (Fsp3) is 0.333. The van der Waals surface area contributed by atoms with Crippen LogP contribution in [-0.4, -0.2) is 21.9 Å². The molecule has 174 valence electrons. The second-order valence-electron chi connectivity index (χ2n) is 8.20. The first-order chi connectivity index (χ1) is 15.7. The number of fused-ring (bicyclic) bond motifs is 1. The molecule has 0 bridgehead atoms. The van der Waals surface area contributed by atoms with Crippen molar-refractivity contribution in [1.29, 1.82) is 0 Å². The summed E-state index contributed by atoms with van der Waals surface area (Å²) >= 11 is 0. The van der Waals surface area contributed by atoms with Crippen LogP contribution in [0.1, 0.15) is 58.0 Å². The van der Waals surface area contributed by atoms with Crippen LogP contribution in [0.25, 0.3) is 0 Å². The second-order valence-corrected chi connectivity index (χ2v) is 8.20. The van der Waals surface area contributed by atoms with Gasteiger partial charge < -0.3 is 10.6 Å². The fourth-order valence-electron chi connectivity index (χ4n) is 4.03. The number of benzene rings is 2. The standard InChI is InChI=1S/C24H24F4N4O/c1-3-15-4-7-17(8-5-15)20-11-21(24(26,27)28)32-22(31-20)18(13-30-32)23(33)29-12-16-6-9-19(25)14(2)10-16/h4-10,13,20-21,31H,3,11-12H2,1-2H3,(H,29,33)/t20-,21+/m1/s1. The lowest BCUT2D eigenvalue weighted by atomic mass is 9.95. The highest BCUT2D eigenvalue weighted by Crippen LogP contribution is 2.44. The van der Waals surface area contributed by atoms with Gasteiger partial charge in [-0.3, -0.25) is 4.79 Å². The first-order valence-electron chi connectivity index (χ1n) is 10.7. The summed E-state index contributed by atoms with van der Waals surface area (Å²) in [6.45, 7) is 3.72. The van der Waals surface area contributed by atoms with Crippen molar-refractivity contribution in [2.45, 2.75) is 51.5 Å². The fourth-order valence-corrected chi connectivity index (χ4v) is 4.03. The van der Waals surface area contributed by atoms with E-state index in [1.165, 1.54) is 6.07 Å². The first kappa shape index (κ1) is 22.8. The zero-order chi connectivity index (χ0) is 23.8. The molecule has 4 rings (SSSR count). The zero-order valence-electron chi connectivity index (χ0n) is 18.2. The molecule has 0 unspecified atom stereocenters. The summed E-state index contributed by atoms with van der Waals surface area (Å²) in [5, 5.41) is 9.66. The third-order valence-electron chi connectivity index (χ3n) is 5.95. The van der Waals surface area contributed by atoms with Crippen LogP contribution in [0.4, 0.5) is 23.4 Å². The molecule has 0 spiro atoms. The number of nitrogens with one attached hydrogen (secondary N) is 2. The maximum Gasteiger partial charge on any atom is 0.410 e. The lowest BCUT2D eigenvalue weighted by molar-refractivity contribution is -0.173. The monoisotopic (exact) mass is 460 g/mol. The number of carbonyl (C=O) groups is 1. The number of halogens is 4.